The van der Waals surface area contributed by atoms with Gasteiger partial charge in [0.15, 0.2) is 0 Å². The topological polar surface area (TPSA) is 89.3 Å². The smallest absolute Gasteiger partial charge is 0.340 e. The number of aliphatic carboxylic acids is 1. The zero-order valence-corrected chi connectivity index (χ0v) is 6.23. The summed E-state index contributed by atoms with van der Waals surface area (Å²) in [4.78, 5) is 10.1. The van der Waals surface area contributed by atoms with Gasteiger partial charge in [-0.25, -0.2) is 4.79 Å². The molecule has 10 heavy (non-hydrogen) atoms. The number of carboxylic acids is 1. The highest BCUT2D eigenvalue weighted by Crippen LogP contribution is 1.98. The van der Waals surface area contributed by atoms with Crippen LogP contribution in [-0.4, -0.2) is 16.1 Å². The van der Waals surface area contributed by atoms with E-state index in [1.165, 1.54) is 6.92 Å². The van der Waals surface area contributed by atoms with Crippen molar-refractivity contribution in [3.05, 3.63) is 11.3 Å². The summed E-state index contributed by atoms with van der Waals surface area (Å²) in [6.45, 7) is 1.43. The first-order valence-corrected chi connectivity index (χ1v) is 2.87. The SMILES string of the molecule is CC(N)=C(C(=O)O)C(N)=S. The molecule has 4 nitrogen and oxygen atoms in total. The van der Waals surface area contributed by atoms with Gasteiger partial charge in [0.1, 0.15) is 10.6 Å². The van der Waals surface area contributed by atoms with Gasteiger partial charge in [-0.1, -0.05) is 12.2 Å². The van der Waals surface area contributed by atoms with Crippen LogP contribution in [0.2, 0.25) is 0 Å². The van der Waals surface area contributed by atoms with Crippen LogP contribution in [-0.2, 0) is 4.79 Å². The van der Waals surface area contributed by atoms with Gasteiger partial charge in [-0.2, -0.15) is 0 Å². The summed E-state index contributed by atoms with van der Waals surface area (Å²) >= 11 is 4.43. The first-order chi connectivity index (χ1) is 4.46. The Balaban J connectivity index is 4.79. The van der Waals surface area contributed by atoms with Crippen LogP contribution in [0.25, 0.3) is 0 Å². The lowest BCUT2D eigenvalue weighted by molar-refractivity contribution is -0.132. The van der Waals surface area contributed by atoms with E-state index in [1.807, 2.05) is 0 Å². The summed E-state index contributed by atoms with van der Waals surface area (Å²) in [5.41, 5.74) is 10.2. The average Bonchev–Trinajstić information content (AvgIpc) is 1.59. The van der Waals surface area contributed by atoms with Gasteiger partial charge in [-0.15, -0.1) is 0 Å². The van der Waals surface area contributed by atoms with E-state index in [0.29, 0.717) is 0 Å². The van der Waals surface area contributed by atoms with Crippen molar-refractivity contribution in [3.63, 3.8) is 0 Å². The van der Waals surface area contributed by atoms with Crippen molar-refractivity contribution in [2.24, 2.45) is 11.5 Å². The van der Waals surface area contributed by atoms with Crippen molar-refractivity contribution < 1.29 is 9.90 Å². The maximum atomic E-state index is 10.3. The van der Waals surface area contributed by atoms with Gasteiger partial charge >= 0.3 is 5.97 Å². The molecule has 56 valence electrons. The third kappa shape index (κ3) is 2.02. The Bertz CT molecular complexity index is 190. The molecule has 5 N–H and O–H groups in total. The average molecular weight is 160 g/mol. The highest BCUT2D eigenvalue weighted by atomic mass is 32.1. The van der Waals surface area contributed by atoms with Gasteiger partial charge in [0.25, 0.3) is 0 Å². The van der Waals surface area contributed by atoms with Crippen LogP contribution >= 0.6 is 12.2 Å². The number of nitrogens with two attached hydrogens (primary N) is 2. The molecule has 0 heterocycles. The second-order valence-corrected chi connectivity index (χ2v) is 2.17. The number of allylic oxidation sites excluding steroid dienone is 1. The van der Waals surface area contributed by atoms with E-state index in [-0.39, 0.29) is 16.3 Å². The van der Waals surface area contributed by atoms with Crippen molar-refractivity contribution in [3.8, 4) is 0 Å². The summed E-state index contributed by atoms with van der Waals surface area (Å²) < 4.78 is 0. The van der Waals surface area contributed by atoms with Gasteiger partial charge in [0.2, 0.25) is 0 Å². The molecular formula is C5H8N2O2S. The predicted octanol–water partition coefficient (Wildman–Crippen LogP) is -0.410. The molecular weight excluding hydrogens is 152 g/mol. The molecule has 0 aromatic heterocycles. The van der Waals surface area contributed by atoms with Crippen molar-refractivity contribution in [1.82, 2.24) is 0 Å². The third-order valence-corrected chi connectivity index (χ3v) is 1.06. The fourth-order valence-electron chi connectivity index (χ4n) is 0.468. The highest BCUT2D eigenvalue weighted by Gasteiger charge is 2.11. The lowest BCUT2D eigenvalue weighted by Gasteiger charge is -1.99. The van der Waals surface area contributed by atoms with Crippen LogP contribution < -0.4 is 11.5 Å². The number of hydrogen-bond donors (Lipinski definition) is 3. The van der Waals surface area contributed by atoms with E-state index in [1.54, 1.807) is 0 Å². The Morgan fingerprint density at radius 3 is 1.90 bits per heavy atom. The maximum absolute atomic E-state index is 10.3. The Labute approximate surface area is 63.5 Å². The number of rotatable bonds is 2. The molecule has 0 aromatic carbocycles. The second-order valence-electron chi connectivity index (χ2n) is 1.73. The molecule has 0 bridgehead atoms. The Hall–Kier alpha value is -1.10. The number of hydrogen-bond acceptors (Lipinski definition) is 3. The van der Waals surface area contributed by atoms with E-state index in [0.717, 1.165) is 0 Å². The van der Waals surface area contributed by atoms with E-state index in [9.17, 15) is 4.79 Å². The lowest BCUT2D eigenvalue weighted by Crippen LogP contribution is -2.22. The van der Waals surface area contributed by atoms with Crippen molar-refractivity contribution >= 4 is 23.2 Å². The van der Waals surface area contributed by atoms with E-state index < -0.39 is 5.97 Å². The van der Waals surface area contributed by atoms with Crippen molar-refractivity contribution in [2.75, 3.05) is 0 Å². The molecule has 0 aliphatic rings. The Morgan fingerprint density at radius 1 is 1.50 bits per heavy atom. The molecule has 0 unspecified atom stereocenters. The van der Waals surface area contributed by atoms with E-state index in [4.69, 9.17) is 16.6 Å². The first-order valence-electron chi connectivity index (χ1n) is 2.46. The van der Waals surface area contributed by atoms with Crippen molar-refractivity contribution in [2.45, 2.75) is 6.92 Å². The molecule has 0 atom stereocenters. The Kier molecular flexibility index (Phi) is 2.82. The molecule has 0 rings (SSSR count). The summed E-state index contributed by atoms with van der Waals surface area (Å²) in [6.07, 6.45) is 0. The largest absolute Gasteiger partial charge is 0.478 e. The minimum absolute atomic E-state index is 0.125. The standard InChI is InChI=1S/C5H8N2O2S/c1-2(6)3(4(7)10)5(8)9/h6H2,1H3,(H2,7,10)(H,8,9). The first kappa shape index (κ1) is 8.90. The second kappa shape index (κ2) is 3.17. The molecule has 0 radical (unpaired) electrons. The van der Waals surface area contributed by atoms with Crippen LogP contribution in [0.1, 0.15) is 6.92 Å². The van der Waals surface area contributed by atoms with Crippen LogP contribution in [0, 0.1) is 0 Å². The van der Waals surface area contributed by atoms with Gasteiger partial charge < -0.3 is 16.6 Å². The predicted molar refractivity (Wildman–Crippen MR) is 41.3 cm³/mol. The van der Waals surface area contributed by atoms with Crippen LogP contribution in [0.3, 0.4) is 0 Å². The highest BCUT2D eigenvalue weighted by molar-refractivity contribution is 7.80. The molecule has 0 saturated heterocycles. The van der Waals surface area contributed by atoms with E-state index >= 15 is 0 Å². The number of carbonyl (C=O) groups is 1. The minimum atomic E-state index is -1.19. The zero-order valence-electron chi connectivity index (χ0n) is 5.42. The zero-order chi connectivity index (χ0) is 8.31. The summed E-state index contributed by atoms with van der Waals surface area (Å²) in [5.74, 6) is -1.19. The van der Waals surface area contributed by atoms with Gasteiger partial charge in [-0.05, 0) is 6.92 Å². The van der Waals surface area contributed by atoms with Crippen LogP contribution in [0.15, 0.2) is 11.3 Å². The fourth-order valence-corrected chi connectivity index (χ4v) is 0.717. The molecule has 5 heteroatoms. The molecule has 0 fully saturated rings. The monoisotopic (exact) mass is 160 g/mol. The molecule has 0 aliphatic heterocycles. The van der Waals surface area contributed by atoms with Crippen molar-refractivity contribution in [1.29, 1.82) is 0 Å². The van der Waals surface area contributed by atoms with E-state index in [2.05, 4.69) is 12.2 Å². The summed E-state index contributed by atoms with van der Waals surface area (Å²) in [7, 11) is 0. The third-order valence-electron chi connectivity index (χ3n) is 0.855. The van der Waals surface area contributed by atoms with Crippen LogP contribution in [0.4, 0.5) is 0 Å². The number of thiocarbonyl (C=S) groups is 1. The molecule has 0 amide bonds. The minimum Gasteiger partial charge on any atom is -0.478 e. The fraction of sp³-hybridized carbons (Fsp3) is 0.200. The normalized spacial score (nSPS) is 12.1. The number of carboxylic acid groups (broad SMARTS) is 1. The van der Waals surface area contributed by atoms with Gasteiger partial charge in [0, 0.05) is 5.70 Å². The molecule has 0 spiro atoms. The Morgan fingerprint density at radius 2 is 1.90 bits per heavy atom. The molecule has 0 aromatic rings. The quantitative estimate of drug-likeness (QED) is 0.377. The van der Waals surface area contributed by atoms with Gasteiger partial charge in [0.05, 0.1) is 0 Å². The summed E-state index contributed by atoms with van der Waals surface area (Å²) in [6, 6.07) is 0. The summed E-state index contributed by atoms with van der Waals surface area (Å²) in [5, 5.41) is 8.41. The lowest BCUT2D eigenvalue weighted by atomic mass is 10.2. The maximum Gasteiger partial charge on any atom is 0.340 e. The van der Waals surface area contributed by atoms with Gasteiger partial charge in [-0.3, -0.25) is 0 Å². The molecule has 0 aliphatic carbocycles. The van der Waals surface area contributed by atoms with Crippen LogP contribution in [0.5, 0.6) is 0 Å². The molecule has 0 saturated carbocycles.